The first-order valence-electron chi connectivity index (χ1n) is 24.7. The molecule has 0 aliphatic heterocycles. The molecule has 0 N–H and O–H groups in total. The van der Waals surface area contributed by atoms with E-state index in [1.165, 1.54) is 135 Å². The van der Waals surface area contributed by atoms with Gasteiger partial charge in [-0.3, -0.25) is 14.4 Å². The SMILES string of the molecule is CC/C=C/C=C/C=C/C=C/CCCCCC(=O)OC(COC(=O)CCCCCCCCCCCCCCC)COC(=O)CCCCCCCCCCCCCCCC. The summed E-state index contributed by atoms with van der Waals surface area (Å²) in [5.74, 6) is -0.918. The Morgan fingerprint density at radius 1 is 0.362 bits per heavy atom. The molecule has 1 atom stereocenters. The first-order valence-corrected chi connectivity index (χ1v) is 24.7. The van der Waals surface area contributed by atoms with Gasteiger partial charge in [-0.25, -0.2) is 0 Å². The molecule has 0 amide bonds. The number of ether oxygens (including phenoxy) is 3. The van der Waals surface area contributed by atoms with E-state index in [4.69, 9.17) is 14.2 Å². The second-order valence-electron chi connectivity index (χ2n) is 16.5. The Hall–Kier alpha value is -2.63. The van der Waals surface area contributed by atoms with Crippen LogP contribution in [0.3, 0.4) is 0 Å². The molecule has 58 heavy (non-hydrogen) atoms. The summed E-state index contributed by atoms with van der Waals surface area (Å²) in [5, 5.41) is 0. The lowest BCUT2D eigenvalue weighted by Gasteiger charge is -2.18. The molecule has 0 radical (unpaired) electrons. The molecule has 0 rings (SSSR count). The summed E-state index contributed by atoms with van der Waals surface area (Å²) in [6.45, 7) is 6.47. The van der Waals surface area contributed by atoms with Gasteiger partial charge in [-0.2, -0.15) is 0 Å². The van der Waals surface area contributed by atoms with Crippen molar-refractivity contribution >= 4 is 17.9 Å². The van der Waals surface area contributed by atoms with Gasteiger partial charge in [0.25, 0.3) is 0 Å². The smallest absolute Gasteiger partial charge is 0.306 e. The average Bonchev–Trinajstić information content (AvgIpc) is 3.22. The van der Waals surface area contributed by atoms with Crippen molar-refractivity contribution < 1.29 is 28.6 Å². The van der Waals surface area contributed by atoms with Crippen molar-refractivity contribution in [1.82, 2.24) is 0 Å². The largest absolute Gasteiger partial charge is 0.462 e. The van der Waals surface area contributed by atoms with Crippen molar-refractivity contribution in [2.75, 3.05) is 13.2 Å². The van der Waals surface area contributed by atoms with Crippen LogP contribution < -0.4 is 0 Å². The van der Waals surface area contributed by atoms with Crippen LogP contribution in [0, 0.1) is 0 Å². The molecule has 0 aliphatic rings. The molecule has 0 aromatic rings. The summed E-state index contributed by atoms with van der Waals surface area (Å²) in [6, 6.07) is 0. The van der Waals surface area contributed by atoms with Gasteiger partial charge in [0, 0.05) is 19.3 Å². The zero-order valence-electron chi connectivity index (χ0n) is 38.3. The van der Waals surface area contributed by atoms with Crippen LogP contribution in [0.1, 0.15) is 245 Å². The lowest BCUT2D eigenvalue weighted by Crippen LogP contribution is -2.30. The number of hydrogen-bond acceptors (Lipinski definition) is 6. The highest BCUT2D eigenvalue weighted by molar-refractivity contribution is 5.71. The third-order valence-electron chi connectivity index (χ3n) is 10.7. The predicted octanol–water partition coefficient (Wildman–Crippen LogP) is 15.9. The van der Waals surface area contributed by atoms with Crippen molar-refractivity contribution in [2.45, 2.75) is 252 Å². The fraction of sp³-hybridized carbons (Fsp3) is 0.788. The highest BCUT2D eigenvalue weighted by Gasteiger charge is 2.19. The average molecular weight is 813 g/mol. The van der Waals surface area contributed by atoms with Crippen LogP contribution in [-0.4, -0.2) is 37.2 Å². The van der Waals surface area contributed by atoms with E-state index in [1.54, 1.807) is 0 Å². The summed E-state index contributed by atoms with van der Waals surface area (Å²) in [6.07, 6.45) is 55.2. The molecule has 0 aliphatic carbocycles. The van der Waals surface area contributed by atoms with Gasteiger partial charge < -0.3 is 14.2 Å². The van der Waals surface area contributed by atoms with Crippen molar-refractivity contribution in [2.24, 2.45) is 0 Å². The van der Waals surface area contributed by atoms with Crippen LogP contribution in [-0.2, 0) is 28.6 Å². The molecule has 1 unspecified atom stereocenters. The highest BCUT2D eigenvalue weighted by Crippen LogP contribution is 2.16. The number of carbonyl (C=O) groups is 3. The summed E-state index contributed by atoms with van der Waals surface area (Å²) in [4.78, 5) is 37.9. The summed E-state index contributed by atoms with van der Waals surface area (Å²) in [7, 11) is 0. The first kappa shape index (κ1) is 55.4. The number of hydrogen-bond donors (Lipinski definition) is 0. The topological polar surface area (TPSA) is 78.9 Å². The molecule has 0 bridgehead atoms. The summed E-state index contributed by atoms with van der Waals surface area (Å²) < 4.78 is 16.7. The van der Waals surface area contributed by atoms with Crippen LogP contribution in [0.2, 0.25) is 0 Å². The Labute approximate surface area is 358 Å². The van der Waals surface area contributed by atoms with Gasteiger partial charge in [-0.1, -0.05) is 236 Å². The predicted molar refractivity (Wildman–Crippen MR) is 247 cm³/mol. The highest BCUT2D eigenvalue weighted by atomic mass is 16.6. The second kappa shape index (κ2) is 47.1. The maximum atomic E-state index is 12.7. The zero-order valence-corrected chi connectivity index (χ0v) is 38.3. The number of carbonyl (C=O) groups excluding carboxylic acids is 3. The molecule has 0 saturated carbocycles. The summed E-state index contributed by atoms with van der Waals surface area (Å²) >= 11 is 0. The molecule has 6 heteroatoms. The normalized spacial score (nSPS) is 12.4. The van der Waals surface area contributed by atoms with Crippen LogP contribution in [0.25, 0.3) is 0 Å². The fourth-order valence-corrected chi connectivity index (χ4v) is 6.98. The standard InChI is InChI=1S/C52H92O6/c1-4-7-10-13-16-19-22-25-28-30-33-36-39-42-45-51(54)57-48-49(58-52(55)46-43-40-37-34-31-27-24-21-18-15-12-9-6-3)47-56-50(53)44-41-38-35-32-29-26-23-20-17-14-11-8-5-2/h9,12,15,18,21,24,27,31,49H,4-8,10-11,13-14,16-17,19-20,22-23,25-26,28-30,32-48H2,1-3H3/b12-9+,18-15+,24-21+,31-27+. The van der Waals surface area contributed by atoms with Crippen molar-refractivity contribution in [3.05, 3.63) is 48.6 Å². The fourth-order valence-electron chi connectivity index (χ4n) is 6.98. The molecule has 0 spiro atoms. The van der Waals surface area contributed by atoms with Gasteiger partial charge >= 0.3 is 17.9 Å². The van der Waals surface area contributed by atoms with Gasteiger partial charge in [0.1, 0.15) is 13.2 Å². The maximum absolute atomic E-state index is 12.7. The van der Waals surface area contributed by atoms with Gasteiger partial charge in [0.2, 0.25) is 0 Å². The third-order valence-corrected chi connectivity index (χ3v) is 10.7. The molecule has 0 heterocycles. The van der Waals surface area contributed by atoms with E-state index in [0.717, 1.165) is 70.6 Å². The number of unbranched alkanes of at least 4 members (excludes halogenated alkanes) is 28. The minimum atomic E-state index is -0.787. The minimum Gasteiger partial charge on any atom is -0.462 e. The molecule has 336 valence electrons. The van der Waals surface area contributed by atoms with Crippen LogP contribution >= 0.6 is 0 Å². The molecule has 0 aromatic heterocycles. The zero-order chi connectivity index (χ0) is 42.3. The van der Waals surface area contributed by atoms with Crippen molar-refractivity contribution in [1.29, 1.82) is 0 Å². The Balaban J connectivity index is 4.41. The number of rotatable bonds is 44. The van der Waals surface area contributed by atoms with E-state index in [0.29, 0.717) is 12.8 Å². The van der Waals surface area contributed by atoms with Crippen molar-refractivity contribution in [3.63, 3.8) is 0 Å². The number of esters is 3. The van der Waals surface area contributed by atoms with E-state index in [1.807, 2.05) is 36.5 Å². The van der Waals surface area contributed by atoms with E-state index in [-0.39, 0.29) is 37.5 Å². The summed E-state index contributed by atoms with van der Waals surface area (Å²) in [5.41, 5.74) is 0. The lowest BCUT2D eigenvalue weighted by molar-refractivity contribution is -0.167. The Morgan fingerprint density at radius 2 is 0.672 bits per heavy atom. The maximum Gasteiger partial charge on any atom is 0.306 e. The number of allylic oxidation sites excluding steroid dienone is 8. The van der Waals surface area contributed by atoms with E-state index in [2.05, 4.69) is 32.9 Å². The Morgan fingerprint density at radius 3 is 1.05 bits per heavy atom. The Bertz CT molecular complexity index is 1030. The Kier molecular flexibility index (Phi) is 44.9. The van der Waals surface area contributed by atoms with Gasteiger partial charge in [-0.15, -0.1) is 0 Å². The second-order valence-corrected chi connectivity index (χ2v) is 16.5. The van der Waals surface area contributed by atoms with Gasteiger partial charge in [0.15, 0.2) is 6.10 Å². The third kappa shape index (κ3) is 44.5. The van der Waals surface area contributed by atoms with Crippen LogP contribution in [0.4, 0.5) is 0 Å². The quantitative estimate of drug-likeness (QED) is 0.0264. The van der Waals surface area contributed by atoms with Crippen LogP contribution in [0.5, 0.6) is 0 Å². The van der Waals surface area contributed by atoms with Gasteiger partial charge in [0.05, 0.1) is 0 Å². The van der Waals surface area contributed by atoms with Gasteiger partial charge in [-0.05, 0) is 38.5 Å². The van der Waals surface area contributed by atoms with Crippen molar-refractivity contribution in [3.8, 4) is 0 Å². The van der Waals surface area contributed by atoms with E-state index < -0.39 is 6.10 Å². The van der Waals surface area contributed by atoms with E-state index >= 15 is 0 Å². The molecular formula is C52H92O6. The lowest BCUT2D eigenvalue weighted by atomic mass is 10.0. The molecular weight excluding hydrogens is 721 g/mol. The first-order chi connectivity index (χ1) is 28.5. The monoisotopic (exact) mass is 813 g/mol. The molecule has 6 nitrogen and oxygen atoms in total. The molecule has 0 saturated heterocycles. The molecule has 0 aromatic carbocycles. The van der Waals surface area contributed by atoms with Crippen LogP contribution in [0.15, 0.2) is 48.6 Å². The van der Waals surface area contributed by atoms with E-state index in [9.17, 15) is 14.4 Å². The minimum absolute atomic E-state index is 0.0857. The molecule has 0 fully saturated rings.